The van der Waals surface area contributed by atoms with E-state index in [1.54, 1.807) is 0 Å². The van der Waals surface area contributed by atoms with Gasteiger partial charge in [0.15, 0.2) is 0 Å². The SMILES string of the molecule is Cc1ccccc1N1CCCC[C@H](C)C1=O. The molecule has 2 nitrogen and oxygen atoms in total. The first-order chi connectivity index (χ1) is 7.70. The molecule has 1 saturated heterocycles. The van der Waals surface area contributed by atoms with Gasteiger partial charge < -0.3 is 4.90 Å². The van der Waals surface area contributed by atoms with E-state index in [-0.39, 0.29) is 11.8 Å². The lowest BCUT2D eigenvalue weighted by Gasteiger charge is -2.24. The van der Waals surface area contributed by atoms with Gasteiger partial charge in [-0.1, -0.05) is 31.5 Å². The molecule has 2 heteroatoms. The van der Waals surface area contributed by atoms with Gasteiger partial charge in [0, 0.05) is 18.2 Å². The Morgan fingerprint density at radius 2 is 2.00 bits per heavy atom. The first-order valence-electron chi connectivity index (χ1n) is 6.07. The molecule has 86 valence electrons. The molecule has 1 aromatic rings. The summed E-state index contributed by atoms with van der Waals surface area (Å²) in [6.45, 7) is 4.98. The maximum atomic E-state index is 12.2. The number of carbonyl (C=O) groups excluding carboxylic acids is 1. The van der Waals surface area contributed by atoms with Crippen LogP contribution in [0.3, 0.4) is 0 Å². The highest BCUT2D eigenvalue weighted by atomic mass is 16.2. The lowest BCUT2D eigenvalue weighted by Crippen LogP contribution is -2.34. The second-order valence-corrected chi connectivity index (χ2v) is 4.67. The summed E-state index contributed by atoms with van der Waals surface area (Å²) in [6.07, 6.45) is 3.31. The summed E-state index contributed by atoms with van der Waals surface area (Å²) in [5.41, 5.74) is 2.27. The molecule has 2 rings (SSSR count). The van der Waals surface area contributed by atoms with E-state index in [0.29, 0.717) is 0 Å². The van der Waals surface area contributed by atoms with Crippen LogP contribution in [-0.2, 0) is 4.79 Å². The molecule has 1 heterocycles. The molecule has 1 atom stereocenters. The first-order valence-corrected chi connectivity index (χ1v) is 6.07. The zero-order valence-corrected chi connectivity index (χ0v) is 10.1. The Labute approximate surface area is 97.3 Å². The predicted octanol–water partition coefficient (Wildman–Crippen LogP) is 3.15. The zero-order valence-electron chi connectivity index (χ0n) is 10.1. The number of hydrogen-bond acceptors (Lipinski definition) is 1. The standard InChI is InChI=1S/C14H19NO/c1-11-7-3-4-9-13(11)15-10-6-5-8-12(2)14(15)16/h3-4,7,9,12H,5-6,8,10H2,1-2H3/t12-/m0/s1. The molecule has 0 aliphatic carbocycles. The topological polar surface area (TPSA) is 20.3 Å². The van der Waals surface area contributed by atoms with E-state index in [0.717, 1.165) is 31.5 Å². The quantitative estimate of drug-likeness (QED) is 0.707. The van der Waals surface area contributed by atoms with Gasteiger partial charge in [-0.3, -0.25) is 4.79 Å². The number of nitrogens with zero attached hydrogens (tertiary/aromatic N) is 1. The summed E-state index contributed by atoms with van der Waals surface area (Å²) in [7, 11) is 0. The maximum absolute atomic E-state index is 12.2. The summed E-state index contributed by atoms with van der Waals surface area (Å²) >= 11 is 0. The van der Waals surface area contributed by atoms with Crippen LogP contribution in [-0.4, -0.2) is 12.5 Å². The summed E-state index contributed by atoms with van der Waals surface area (Å²) in [4.78, 5) is 14.2. The molecule has 16 heavy (non-hydrogen) atoms. The molecule has 1 aromatic carbocycles. The summed E-state index contributed by atoms with van der Waals surface area (Å²) in [6, 6.07) is 8.14. The molecular formula is C14H19NO. The predicted molar refractivity (Wildman–Crippen MR) is 66.5 cm³/mol. The summed E-state index contributed by atoms with van der Waals surface area (Å²) < 4.78 is 0. The fourth-order valence-electron chi connectivity index (χ4n) is 2.33. The molecule has 1 aliphatic heterocycles. The second kappa shape index (κ2) is 4.69. The summed E-state index contributed by atoms with van der Waals surface area (Å²) in [5, 5.41) is 0. The van der Waals surface area contributed by atoms with Crippen molar-refractivity contribution >= 4 is 11.6 Å². The zero-order chi connectivity index (χ0) is 11.5. The minimum Gasteiger partial charge on any atom is -0.312 e. The van der Waals surface area contributed by atoms with E-state index in [4.69, 9.17) is 0 Å². The van der Waals surface area contributed by atoms with Crippen molar-refractivity contribution in [3.05, 3.63) is 29.8 Å². The maximum Gasteiger partial charge on any atom is 0.229 e. The molecular weight excluding hydrogens is 198 g/mol. The van der Waals surface area contributed by atoms with Crippen LogP contribution >= 0.6 is 0 Å². The largest absolute Gasteiger partial charge is 0.312 e. The normalized spacial score (nSPS) is 22.0. The number of aryl methyl sites for hydroxylation is 1. The van der Waals surface area contributed by atoms with E-state index in [1.165, 1.54) is 5.56 Å². The lowest BCUT2D eigenvalue weighted by molar-refractivity contribution is -0.121. The fraction of sp³-hybridized carbons (Fsp3) is 0.500. The van der Waals surface area contributed by atoms with Crippen LogP contribution in [0.1, 0.15) is 31.7 Å². The van der Waals surface area contributed by atoms with E-state index in [9.17, 15) is 4.79 Å². The van der Waals surface area contributed by atoms with Gasteiger partial charge in [0.1, 0.15) is 0 Å². The molecule has 1 fully saturated rings. The minimum absolute atomic E-state index is 0.169. The highest BCUT2D eigenvalue weighted by molar-refractivity contribution is 5.95. The van der Waals surface area contributed by atoms with Gasteiger partial charge >= 0.3 is 0 Å². The molecule has 0 radical (unpaired) electrons. The Balaban J connectivity index is 2.31. The second-order valence-electron chi connectivity index (χ2n) is 4.67. The van der Waals surface area contributed by atoms with Gasteiger partial charge in [-0.15, -0.1) is 0 Å². The molecule has 0 aromatic heterocycles. The fourth-order valence-corrected chi connectivity index (χ4v) is 2.33. The third-order valence-corrected chi connectivity index (χ3v) is 3.36. The van der Waals surface area contributed by atoms with Gasteiger partial charge in [-0.2, -0.15) is 0 Å². The molecule has 0 saturated carbocycles. The molecule has 0 spiro atoms. The Morgan fingerprint density at radius 3 is 2.75 bits per heavy atom. The van der Waals surface area contributed by atoms with Crippen LogP contribution in [0.15, 0.2) is 24.3 Å². The smallest absolute Gasteiger partial charge is 0.229 e. The van der Waals surface area contributed by atoms with Crippen molar-refractivity contribution in [3.8, 4) is 0 Å². The van der Waals surface area contributed by atoms with E-state index >= 15 is 0 Å². The molecule has 1 amide bonds. The van der Waals surface area contributed by atoms with Gasteiger partial charge in [-0.25, -0.2) is 0 Å². The van der Waals surface area contributed by atoms with Gasteiger partial charge in [0.05, 0.1) is 0 Å². The van der Waals surface area contributed by atoms with Gasteiger partial charge in [0.25, 0.3) is 0 Å². The number of hydrogen-bond donors (Lipinski definition) is 0. The Kier molecular flexibility index (Phi) is 3.28. The Hall–Kier alpha value is -1.31. The van der Waals surface area contributed by atoms with Crippen molar-refractivity contribution < 1.29 is 4.79 Å². The van der Waals surface area contributed by atoms with Gasteiger partial charge in [-0.05, 0) is 31.4 Å². The number of benzene rings is 1. The van der Waals surface area contributed by atoms with Crippen LogP contribution in [0, 0.1) is 12.8 Å². The number of para-hydroxylation sites is 1. The van der Waals surface area contributed by atoms with Crippen molar-refractivity contribution in [2.24, 2.45) is 5.92 Å². The van der Waals surface area contributed by atoms with E-state index < -0.39 is 0 Å². The van der Waals surface area contributed by atoms with Crippen molar-refractivity contribution in [3.63, 3.8) is 0 Å². The third-order valence-electron chi connectivity index (χ3n) is 3.36. The number of anilines is 1. The number of rotatable bonds is 1. The average Bonchev–Trinajstić information content (AvgIpc) is 2.44. The van der Waals surface area contributed by atoms with E-state index in [1.807, 2.05) is 30.0 Å². The molecule has 0 bridgehead atoms. The van der Waals surface area contributed by atoms with Crippen molar-refractivity contribution in [2.45, 2.75) is 33.1 Å². The van der Waals surface area contributed by atoms with Crippen molar-refractivity contribution in [2.75, 3.05) is 11.4 Å². The van der Waals surface area contributed by atoms with Crippen LogP contribution in [0.4, 0.5) is 5.69 Å². The lowest BCUT2D eigenvalue weighted by atomic mass is 10.1. The van der Waals surface area contributed by atoms with E-state index in [2.05, 4.69) is 13.0 Å². The Morgan fingerprint density at radius 1 is 1.25 bits per heavy atom. The van der Waals surface area contributed by atoms with Crippen LogP contribution < -0.4 is 4.90 Å². The van der Waals surface area contributed by atoms with Crippen LogP contribution in [0.5, 0.6) is 0 Å². The molecule has 0 N–H and O–H groups in total. The van der Waals surface area contributed by atoms with Crippen molar-refractivity contribution in [1.29, 1.82) is 0 Å². The van der Waals surface area contributed by atoms with Gasteiger partial charge in [0.2, 0.25) is 5.91 Å². The average molecular weight is 217 g/mol. The third kappa shape index (κ3) is 2.11. The highest BCUT2D eigenvalue weighted by Gasteiger charge is 2.24. The monoisotopic (exact) mass is 217 g/mol. The highest BCUT2D eigenvalue weighted by Crippen LogP contribution is 2.25. The first kappa shape index (κ1) is 11.2. The number of amides is 1. The minimum atomic E-state index is 0.169. The molecule has 1 aliphatic rings. The number of carbonyl (C=O) groups is 1. The Bertz CT molecular complexity index is 386. The van der Waals surface area contributed by atoms with Crippen LogP contribution in [0.25, 0.3) is 0 Å². The summed E-state index contributed by atoms with van der Waals surface area (Å²) in [5.74, 6) is 0.453. The van der Waals surface area contributed by atoms with Crippen LogP contribution in [0.2, 0.25) is 0 Å². The van der Waals surface area contributed by atoms with Crippen molar-refractivity contribution in [1.82, 2.24) is 0 Å². The molecule has 0 unspecified atom stereocenters.